The summed E-state index contributed by atoms with van der Waals surface area (Å²) in [6, 6.07) is 2.11. The Balaban J connectivity index is 1.51. The number of rotatable bonds is 3. The Labute approximate surface area is 135 Å². The van der Waals surface area contributed by atoms with Crippen molar-refractivity contribution in [1.82, 2.24) is 24.9 Å². The molecule has 6 nitrogen and oxygen atoms in total. The normalized spacial score (nSPS) is 27.5. The molecule has 4 rings (SSSR count). The van der Waals surface area contributed by atoms with Crippen molar-refractivity contribution in [2.75, 3.05) is 0 Å². The number of carbonyl (C=O) groups is 1. The third kappa shape index (κ3) is 2.50. The van der Waals surface area contributed by atoms with Crippen LogP contribution in [0.2, 0.25) is 0 Å². The van der Waals surface area contributed by atoms with Gasteiger partial charge in [0.1, 0.15) is 0 Å². The zero-order chi connectivity index (χ0) is 16.1. The molecule has 0 radical (unpaired) electrons. The van der Waals surface area contributed by atoms with Gasteiger partial charge in [-0.1, -0.05) is 6.42 Å². The molecule has 1 N–H and O–H groups in total. The fraction of sp³-hybridized carbons (Fsp3) is 0.647. The summed E-state index contributed by atoms with van der Waals surface area (Å²) in [7, 11) is 0. The van der Waals surface area contributed by atoms with E-state index in [9.17, 15) is 4.79 Å². The molecular formula is C17H23N5O. The average molecular weight is 313 g/mol. The van der Waals surface area contributed by atoms with Crippen LogP contribution in [-0.4, -0.2) is 31.5 Å². The highest BCUT2D eigenvalue weighted by Gasteiger charge is 2.42. The highest BCUT2D eigenvalue weighted by molar-refractivity contribution is 5.91. The molecule has 23 heavy (non-hydrogen) atoms. The number of aromatic nitrogens is 4. The molecule has 2 aliphatic rings. The quantitative estimate of drug-likeness (QED) is 0.943. The monoisotopic (exact) mass is 313 g/mol. The summed E-state index contributed by atoms with van der Waals surface area (Å²) in [6.07, 6.45) is 5.30. The van der Waals surface area contributed by atoms with Crippen LogP contribution in [0.4, 0.5) is 0 Å². The molecule has 2 aromatic rings. The van der Waals surface area contributed by atoms with E-state index in [2.05, 4.69) is 27.3 Å². The van der Waals surface area contributed by atoms with Gasteiger partial charge >= 0.3 is 0 Å². The lowest BCUT2D eigenvalue weighted by Gasteiger charge is -2.28. The molecule has 2 bridgehead atoms. The van der Waals surface area contributed by atoms with Crippen LogP contribution in [-0.2, 0) is 0 Å². The molecule has 2 aliphatic carbocycles. The number of aryl methyl sites for hydroxylation is 2. The Morgan fingerprint density at radius 2 is 2.13 bits per heavy atom. The van der Waals surface area contributed by atoms with Crippen LogP contribution >= 0.6 is 0 Å². The van der Waals surface area contributed by atoms with Crippen molar-refractivity contribution in [2.45, 2.75) is 52.5 Å². The lowest BCUT2D eigenvalue weighted by molar-refractivity contribution is 0.0905. The molecular weight excluding hydrogens is 290 g/mol. The van der Waals surface area contributed by atoms with Gasteiger partial charge in [0.2, 0.25) is 5.82 Å². The Morgan fingerprint density at radius 1 is 1.30 bits per heavy atom. The number of nitrogens with one attached hydrogen (secondary N) is 1. The van der Waals surface area contributed by atoms with E-state index in [-0.39, 0.29) is 17.8 Å². The molecule has 4 atom stereocenters. The standard InChI is InChI=1S/C17H23N5O/c1-9-6-10(2)22-17(18-9)20-15(21-22)16(23)19-11(3)14-8-12-4-5-13(14)7-12/h6,11-14H,4-5,7-8H2,1-3H3,(H,19,23)/t11-,12-,13-,14+/m0/s1. The van der Waals surface area contributed by atoms with Crippen LogP contribution in [0.15, 0.2) is 6.07 Å². The van der Waals surface area contributed by atoms with Crippen molar-refractivity contribution < 1.29 is 4.79 Å². The minimum Gasteiger partial charge on any atom is -0.347 e. The second kappa shape index (κ2) is 5.28. The van der Waals surface area contributed by atoms with Gasteiger partial charge in [0.15, 0.2) is 0 Å². The molecule has 0 spiro atoms. The number of carbonyl (C=O) groups excluding carboxylic acids is 1. The summed E-state index contributed by atoms with van der Waals surface area (Å²) in [5, 5.41) is 7.42. The van der Waals surface area contributed by atoms with E-state index in [1.165, 1.54) is 25.7 Å². The summed E-state index contributed by atoms with van der Waals surface area (Å²) < 4.78 is 1.63. The minimum absolute atomic E-state index is 0.181. The fourth-order valence-electron chi connectivity index (χ4n) is 4.55. The first-order valence-electron chi connectivity index (χ1n) is 8.53. The van der Waals surface area contributed by atoms with Gasteiger partial charge in [-0.2, -0.15) is 4.98 Å². The van der Waals surface area contributed by atoms with E-state index in [0.29, 0.717) is 11.7 Å². The molecule has 1 amide bonds. The second-order valence-corrected chi connectivity index (χ2v) is 7.29. The number of nitrogens with zero attached hydrogens (tertiary/aromatic N) is 4. The van der Waals surface area contributed by atoms with E-state index < -0.39 is 0 Å². The van der Waals surface area contributed by atoms with Crippen molar-refractivity contribution in [3.8, 4) is 0 Å². The lowest BCUT2D eigenvalue weighted by Crippen LogP contribution is -2.40. The Kier molecular flexibility index (Phi) is 3.36. The predicted octanol–water partition coefficient (Wildman–Crippen LogP) is 2.30. The van der Waals surface area contributed by atoms with Crippen molar-refractivity contribution in [2.24, 2.45) is 17.8 Å². The number of amides is 1. The van der Waals surface area contributed by atoms with Crippen LogP contribution in [0.25, 0.3) is 5.78 Å². The molecule has 2 aromatic heterocycles. The smallest absolute Gasteiger partial charge is 0.291 e. The van der Waals surface area contributed by atoms with Gasteiger partial charge < -0.3 is 5.32 Å². The largest absolute Gasteiger partial charge is 0.347 e. The molecule has 122 valence electrons. The summed E-state index contributed by atoms with van der Waals surface area (Å²) in [5.74, 6) is 2.78. The molecule has 0 aromatic carbocycles. The third-order valence-corrected chi connectivity index (χ3v) is 5.62. The minimum atomic E-state index is -0.192. The maximum Gasteiger partial charge on any atom is 0.291 e. The summed E-state index contributed by atoms with van der Waals surface area (Å²) in [6.45, 7) is 5.97. The maximum absolute atomic E-state index is 12.5. The molecule has 0 unspecified atom stereocenters. The number of fused-ring (bicyclic) bond motifs is 3. The Morgan fingerprint density at radius 3 is 2.83 bits per heavy atom. The van der Waals surface area contributed by atoms with Crippen LogP contribution in [0, 0.1) is 31.6 Å². The zero-order valence-electron chi connectivity index (χ0n) is 13.9. The summed E-state index contributed by atoms with van der Waals surface area (Å²) in [4.78, 5) is 21.1. The van der Waals surface area contributed by atoms with Crippen LogP contribution in [0.3, 0.4) is 0 Å². The number of hydrogen-bond donors (Lipinski definition) is 1. The Hall–Kier alpha value is -1.98. The van der Waals surface area contributed by atoms with Crippen molar-refractivity contribution in [3.05, 3.63) is 23.3 Å². The SMILES string of the molecule is Cc1cc(C)n2nc(C(=O)N[C@@H](C)[C@H]3C[C@H]4CC[C@H]3C4)nc2n1. The second-order valence-electron chi connectivity index (χ2n) is 7.29. The lowest BCUT2D eigenvalue weighted by atomic mass is 9.84. The zero-order valence-corrected chi connectivity index (χ0v) is 13.9. The molecule has 2 saturated carbocycles. The van der Waals surface area contributed by atoms with E-state index in [4.69, 9.17) is 0 Å². The first kappa shape index (κ1) is 14.6. The van der Waals surface area contributed by atoms with Gasteiger partial charge in [-0.3, -0.25) is 4.79 Å². The highest BCUT2D eigenvalue weighted by Crippen LogP contribution is 2.49. The van der Waals surface area contributed by atoms with Gasteiger partial charge in [-0.25, -0.2) is 9.50 Å². The average Bonchev–Trinajstić information content (AvgIpc) is 3.21. The highest BCUT2D eigenvalue weighted by atomic mass is 16.2. The van der Waals surface area contributed by atoms with Crippen LogP contribution in [0.1, 0.15) is 54.6 Å². The van der Waals surface area contributed by atoms with Gasteiger partial charge in [0, 0.05) is 17.4 Å². The molecule has 0 aliphatic heterocycles. The van der Waals surface area contributed by atoms with Crippen LogP contribution < -0.4 is 5.32 Å². The number of hydrogen-bond acceptors (Lipinski definition) is 4. The third-order valence-electron chi connectivity index (χ3n) is 5.62. The topological polar surface area (TPSA) is 72.2 Å². The van der Waals surface area contributed by atoms with E-state index in [1.807, 2.05) is 19.9 Å². The maximum atomic E-state index is 12.5. The fourth-order valence-corrected chi connectivity index (χ4v) is 4.55. The van der Waals surface area contributed by atoms with E-state index in [1.54, 1.807) is 4.52 Å². The van der Waals surface area contributed by atoms with Crippen molar-refractivity contribution in [3.63, 3.8) is 0 Å². The van der Waals surface area contributed by atoms with Gasteiger partial charge in [-0.05, 0) is 63.9 Å². The van der Waals surface area contributed by atoms with E-state index >= 15 is 0 Å². The first-order chi connectivity index (χ1) is 11.0. The van der Waals surface area contributed by atoms with Gasteiger partial charge in [-0.15, -0.1) is 5.10 Å². The summed E-state index contributed by atoms with van der Waals surface area (Å²) >= 11 is 0. The predicted molar refractivity (Wildman–Crippen MR) is 86.1 cm³/mol. The first-order valence-corrected chi connectivity index (χ1v) is 8.53. The van der Waals surface area contributed by atoms with E-state index in [0.717, 1.165) is 23.2 Å². The molecule has 0 saturated heterocycles. The van der Waals surface area contributed by atoms with Crippen molar-refractivity contribution in [1.29, 1.82) is 0 Å². The molecule has 2 heterocycles. The molecule has 2 fully saturated rings. The Bertz CT molecular complexity index is 768. The summed E-state index contributed by atoms with van der Waals surface area (Å²) in [5.41, 5.74) is 1.81. The van der Waals surface area contributed by atoms with Crippen molar-refractivity contribution >= 4 is 11.7 Å². The van der Waals surface area contributed by atoms with Gasteiger partial charge in [0.25, 0.3) is 11.7 Å². The van der Waals surface area contributed by atoms with Gasteiger partial charge in [0.05, 0.1) is 0 Å². The van der Waals surface area contributed by atoms with Crippen LogP contribution in [0.5, 0.6) is 0 Å². The molecule has 6 heteroatoms.